The van der Waals surface area contributed by atoms with Gasteiger partial charge in [0.25, 0.3) is 5.91 Å². The SMILES string of the molecule is C=C1C=CN(NC(=O)c2ccccc2)C(C)C1. The highest BCUT2D eigenvalue weighted by Crippen LogP contribution is 2.16. The predicted molar refractivity (Wildman–Crippen MR) is 68.1 cm³/mol. The normalized spacial score (nSPS) is 19.2. The molecular weight excluding hydrogens is 212 g/mol. The van der Waals surface area contributed by atoms with E-state index in [4.69, 9.17) is 0 Å². The molecule has 3 heteroatoms. The molecule has 1 unspecified atom stereocenters. The van der Waals surface area contributed by atoms with Gasteiger partial charge in [0.05, 0.1) is 6.04 Å². The minimum Gasteiger partial charge on any atom is -0.289 e. The fourth-order valence-corrected chi connectivity index (χ4v) is 1.80. The van der Waals surface area contributed by atoms with Gasteiger partial charge in [-0.15, -0.1) is 0 Å². The summed E-state index contributed by atoms with van der Waals surface area (Å²) in [5, 5.41) is 1.82. The van der Waals surface area contributed by atoms with E-state index in [1.165, 1.54) is 0 Å². The molecule has 2 rings (SSSR count). The number of rotatable bonds is 2. The second-order valence-corrected chi connectivity index (χ2v) is 4.24. The Balaban J connectivity index is 2.05. The van der Waals surface area contributed by atoms with Crippen molar-refractivity contribution < 1.29 is 4.79 Å². The van der Waals surface area contributed by atoms with E-state index in [0.717, 1.165) is 12.0 Å². The Bertz CT molecular complexity index is 451. The molecule has 1 aliphatic heterocycles. The molecule has 1 aromatic carbocycles. The van der Waals surface area contributed by atoms with Crippen LogP contribution in [0.1, 0.15) is 23.7 Å². The predicted octanol–water partition coefficient (Wildman–Crippen LogP) is 2.50. The summed E-state index contributed by atoms with van der Waals surface area (Å²) in [6.45, 7) is 5.97. The van der Waals surface area contributed by atoms with Crippen LogP contribution in [0.2, 0.25) is 0 Å². The number of hydrogen-bond acceptors (Lipinski definition) is 2. The first-order valence-electron chi connectivity index (χ1n) is 5.67. The lowest BCUT2D eigenvalue weighted by Gasteiger charge is -2.31. The molecule has 1 atom stereocenters. The van der Waals surface area contributed by atoms with E-state index < -0.39 is 0 Å². The molecule has 0 saturated carbocycles. The summed E-state index contributed by atoms with van der Waals surface area (Å²) in [6.07, 6.45) is 4.65. The van der Waals surface area contributed by atoms with Gasteiger partial charge in [-0.05, 0) is 31.6 Å². The average Bonchev–Trinajstić information content (AvgIpc) is 2.34. The molecule has 1 N–H and O–H groups in total. The highest BCUT2D eigenvalue weighted by atomic mass is 16.2. The lowest BCUT2D eigenvalue weighted by atomic mass is 10.1. The van der Waals surface area contributed by atoms with Crippen LogP contribution in [0.15, 0.2) is 54.8 Å². The topological polar surface area (TPSA) is 32.3 Å². The summed E-state index contributed by atoms with van der Waals surface area (Å²) >= 11 is 0. The Kier molecular flexibility index (Phi) is 3.28. The number of hydrazine groups is 1. The van der Waals surface area contributed by atoms with Gasteiger partial charge in [-0.1, -0.05) is 30.4 Å². The first kappa shape index (κ1) is 11.5. The molecule has 0 fully saturated rings. The van der Waals surface area contributed by atoms with Crippen molar-refractivity contribution >= 4 is 5.91 Å². The van der Waals surface area contributed by atoms with Crippen molar-refractivity contribution in [2.24, 2.45) is 0 Å². The molecular formula is C14H16N2O. The van der Waals surface area contributed by atoms with Crippen LogP contribution in [0.4, 0.5) is 0 Å². The van der Waals surface area contributed by atoms with Gasteiger partial charge < -0.3 is 0 Å². The number of carbonyl (C=O) groups is 1. The van der Waals surface area contributed by atoms with Crippen LogP contribution in [0, 0.1) is 0 Å². The van der Waals surface area contributed by atoms with Crippen LogP contribution in [-0.2, 0) is 0 Å². The second kappa shape index (κ2) is 4.87. The number of hydrogen-bond donors (Lipinski definition) is 1. The van der Waals surface area contributed by atoms with Crippen molar-refractivity contribution in [2.75, 3.05) is 0 Å². The number of benzene rings is 1. The number of amides is 1. The Morgan fingerprint density at radius 2 is 2.12 bits per heavy atom. The van der Waals surface area contributed by atoms with Crippen LogP contribution in [0.5, 0.6) is 0 Å². The molecule has 17 heavy (non-hydrogen) atoms. The summed E-state index contributed by atoms with van der Waals surface area (Å²) in [5.74, 6) is -0.0883. The zero-order valence-corrected chi connectivity index (χ0v) is 9.89. The van der Waals surface area contributed by atoms with Crippen molar-refractivity contribution in [3.05, 3.63) is 60.3 Å². The van der Waals surface area contributed by atoms with Crippen molar-refractivity contribution in [2.45, 2.75) is 19.4 Å². The largest absolute Gasteiger partial charge is 0.289 e. The van der Waals surface area contributed by atoms with Gasteiger partial charge in [0.1, 0.15) is 0 Å². The zero-order chi connectivity index (χ0) is 12.3. The highest BCUT2D eigenvalue weighted by Gasteiger charge is 2.17. The first-order chi connectivity index (χ1) is 8.16. The monoisotopic (exact) mass is 228 g/mol. The average molecular weight is 228 g/mol. The van der Waals surface area contributed by atoms with Crippen molar-refractivity contribution in [1.82, 2.24) is 10.4 Å². The van der Waals surface area contributed by atoms with Crippen LogP contribution in [0.3, 0.4) is 0 Å². The highest BCUT2D eigenvalue weighted by molar-refractivity contribution is 5.93. The Morgan fingerprint density at radius 3 is 2.76 bits per heavy atom. The molecule has 1 heterocycles. The van der Waals surface area contributed by atoms with E-state index in [1.54, 1.807) is 12.1 Å². The van der Waals surface area contributed by atoms with Crippen LogP contribution >= 0.6 is 0 Å². The molecule has 0 aliphatic carbocycles. The zero-order valence-electron chi connectivity index (χ0n) is 9.89. The van der Waals surface area contributed by atoms with Crippen LogP contribution < -0.4 is 5.43 Å². The van der Waals surface area contributed by atoms with E-state index >= 15 is 0 Å². The number of allylic oxidation sites excluding steroid dienone is 1. The summed E-state index contributed by atoms with van der Waals surface area (Å²) in [6, 6.07) is 9.43. The minimum absolute atomic E-state index is 0.0883. The molecule has 0 bridgehead atoms. The molecule has 0 radical (unpaired) electrons. The third-order valence-corrected chi connectivity index (χ3v) is 2.77. The summed E-state index contributed by atoms with van der Waals surface area (Å²) < 4.78 is 0. The fourth-order valence-electron chi connectivity index (χ4n) is 1.80. The molecule has 0 saturated heterocycles. The number of nitrogens with zero attached hydrogens (tertiary/aromatic N) is 1. The standard InChI is InChI=1S/C14H16N2O/c1-11-8-9-16(12(2)10-11)15-14(17)13-6-4-3-5-7-13/h3-9,12H,1,10H2,2H3,(H,15,17). The molecule has 1 aromatic rings. The van der Waals surface area contributed by atoms with Gasteiger partial charge in [0.2, 0.25) is 0 Å². The summed E-state index contributed by atoms with van der Waals surface area (Å²) in [4.78, 5) is 11.9. The number of nitrogens with one attached hydrogen (secondary N) is 1. The van der Waals surface area contributed by atoms with E-state index in [2.05, 4.69) is 18.9 Å². The third-order valence-electron chi connectivity index (χ3n) is 2.77. The van der Waals surface area contributed by atoms with E-state index in [-0.39, 0.29) is 11.9 Å². The summed E-state index contributed by atoms with van der Waals surface area (Å²) in [7, 11) is 0. The van der Waals surface area contributed by atoms with Crippen molar-refractivity contribution in [3.8, 4) is 0 Å². The van der Waals surface area contributed by atoms with Gasteiger partial charge in [-0.3, -0.25) is 15.2 Å². The maximum atomic E-state index is 11.9. The molecule has 0 aromatic heterocycles. The molecule has 0 spiro atoms. The molecule has 1 aliphatic rings. The van der Waals surface area contributed by atoms with Gasteiger partial charge in [0.15, 0.2) is 0 Å². The van der Waals surface area contributed by atoms with E-state index in [0.29, 0.717) is 5.56 Å². The van der Waals surface area contributed by atoms with Gasteiger partial charge in [-0.2, -0.15) is 0 Å². The second-order valence-electron chi connectivity index (χ2n) is 4.24. The Hall–Kier alpha value is -2.03. The smallest absolute Gasteiger partial charge is 0.269 e. The van der Waals surface area contributed by atoms with Gasteiger partial charge in [0, 0.05) is 11.8 Å². The van der Waals surface area contributed by atoms with Crippen molar-refractivity contribution in [1.29, 1.82) is 0 Å². The quantitative estimate of drug-likeness (QED) is 0.843. The van der Waals surface area contributed by atoms with Crippen LogP contribution in [-0.4, -0.2) is 17.0 Å². The van der Waals surface area contributed by atoms with Crippen molar-refractivity contribution in [3.63, 3.8) is 0 Å². The molecule has 1 amide bonds. The Morgan fingerprint density at radius 1 is 1.41 bits per heavy atom. The molecule has 88 valence electrons. The lowest BCUT2D eigenvalue weighted by Crippen LogP contribution is -2.45. The summed E-state index contributed by atoms with van der Waals surface area (Å²) in [5.41, 5.74) is 4.62. The Labute approximate surface area is 101 Å². The third kappa shape index (κ3) is 2.75. The fraction of sp³-hybridized carbons (Fsp3) is 0.214. The van der Waals surface area contributed by atoms with Gasteiger partial charge >= 0.3 is 0 Å². The van der Waals surface area contributed by atoms with E-state index in [1.807, 2.05) is 35.5 Å². The van der Waals surface area contributed by atoms with Crippen LogP contribution in [0.25, 0.3) is 0 Å². The first-order valence-corrected chi connectivity index (χ1v) is 5.67. The minimum atomic E-state index is -0.0883. The van der Waals surface area contributed by atoms with E-state index in [9.17, 15) is 4.79 Å². The maximum absolute atomic E-state index is 11.9. The van der Waals surface area contributed by atoms with Gasteiger partial charge in [-0.25, -0.2) is 0 Å². The lowest BCUT2D eigenvalue weighted by molar-refractivity contribution is 0.0805. The maximum Gasteiger partial charge on any atom is 0.269 e. The number of carbonyl (C=O) groups excluding carboxylic acids is 1. The molecule has 3 nitrogen and oxygen atoms in total.